The first kappa shape index (κ1) is 8.02. The van der Waals surface area contributed by atoms with Crippen molar-refractivity contribution in [1.82, 2.24) is 0 Å². The van der Waals surface area contributed by atoms with E-state index in [2.05, 4.69) is 27.7 Å². The van der Waals surface area contributed by atoms with E-state index < -0.39 is 0 Å². The fraction of sp³-hybridized carbons (Fsp3) is 1.00. The lowest BCUT2D eigenvalue weighted by molar-refractivity contribution is 0.0120. The molecule has 1 rings (SSSR count). The van der Waals surface area contributed by atoms with Crippen LogP contribution in [0.25, 0.3) is 0 Å². The average molecular weight is 144 g/mol. The molecule has 1 aliphatic heterocycles. The van der Waals surface area contributed by atoms with Gasteiger partial charge in [0.1, 0.15) is 6.79 Å². The summed E-state index contributed by atoms with van der Waals surface area (Å²) in [4.78, 5) is 0. The number of rotatable bonds is 1. The van der Waals surface area contributed by atoms with Gasteiger partial charge in [0.25, 0.3) is 0 Å². The van der Waals surface area contributed by atoms with E-state index in [1.165, 1.54) is 0 Å². The molecular formula is C8H16O2. The normalized spacial score (nSPS) is 31.5. The molecule has 0 aromatic carbocycles. The highest BCUT2D eigenvalue weighted by Gasteiger charge is 2.38. The molecule has 1 heterocycles. The largest absolute Gasteiger partial charge is 0.349 e. The Kier molecular flexibility index (Phi) is 2.02. The lowest BCUT2D eigenvalue weighted by Crippen LogP contribution is -2.36. The topological polar surface area (TPSA) is 18.5 Å². The van der Waals surface area contributed by atoms with Gasteiger partial charge in [0.05, 0.1) is 11.7 Å². The summed E-state index contributed by atoms with van der Waals surface area (Å²) >= 11 is 0. The van der Waals surface area contributed by atoms with Gasteiger partial charge in [-0.2, -0.15) is 0 Å². The van der Waals surface area contributed by atoms with Crippen LogP contribution in [0.15, 0.2) is 0 Å². The Balaban J connectivity index is 2.59. The zero-order valence-corrected chi connectivity index (χ0v) is 7.18. The predicted octanol–water partition coefficient (Wildman–Crippen LogP) is 1.79. The highest BCUT2D eigenvalue weighted by Crippen LogP contribution is 2.29. The van der Waals surface area contributed by atoms with Crippen LogP contribution in [-0.4, -0.2) is 18.5 Å². The van der Waals surface area contributed by atoms with Gasteiger partial charge in [-0.05, 0) is 19.8 Å². The lowest BCUT2D eigenvalue weighted by Gasteiger charge is -2.26. The Morgan fingerprint density at radius 3 is 2.20 bits per heavy atom. The molecule has 2 nitrogen and oxygen atoms in total. The van der Waals surface area contributed by atoms with E-state index in [0.717, 1.165) is 0 Å². The molecule has 1 fully saturated rings. The van der Waals surface area contributed by atoms with Crippen LogP contribution in [0.1, 0.15) is 27.7 Å². The molecule has 0 N–H and O–H groups in total. The summed E-state index contributed by atoms with van der Waals surface area (Å²) in [7, 11) is 0. The highest BCUT2D eigenvalue weighted by atomic mass is 16.7. The van der Waals surface area contributed by atoms with Gasteiger partial charge in [-0.3, -0.25) is 0 Å². The van der Waals surface area contributed by atoms with Crippen molar-refractivity contribution in [2.75, 3.05) is 6.79 Å². The molecule has 1 saturated heterocycles. The summed E-state index contributed by atoms with van der Waals surface area (Å²) in [6.45, 7) is 8.91. The molecule has 0 spiro atoms. The van der Waals surface area contributed by atoms with E-state index in [1.54, 1.807) is 0 Å². The van der Waals surface area contributed by atoms with Crippen molar-refractivity contribution in [3.05, 3.63) is 0 Å². The minimum absolute atomic E-state index is 0.0891. The second-order valence-electron chi connectivity index (χ2n) is 3.70. The molecular weight excluding hydrogens is 128 g/mol. The van der Waals surface area contributed by atoms with Gasteiger partial charge in [-0.25, -0.2) is 0 Å². The van der Waals surface area contributed by atoms with Crippen LogP contribution in [-0.2, 0) is 9.47 Å². The molecule has 1 atom stereocenters. The van der Waals surface area contributed by atoms with Crippen LogP contribution in [0.2, 0.25) is 0 Å². The maximum absolute atomic E-state index is 5.41. The third-order valence-electron chi connectivity index (χ3n) is 1.97. The second-order valence-corrected chi connectivity index (χ2v) is 3.70. The molecule has 60 valence electrons. The molecule has 10 heavy (non-hydrogen) atoms. The maximum atomic E-state index is 5.41. The van der Waals surface area contributed by atoms with Crippen molar-refractivity contribution in [1.29, 1.82) is 0 Å². The van der Waals surface area contributed by atoms with Crippen molar-refractivity contribution in [2.24, 2.45) is 5.92 Å². The molecule has 0 radical (unpaired) electrons. The lowest BCUT2D eigenvalue weighted by atomic mass is 9.93. The standard InChI is InChI=1S/C8H16O2/c1-6(2)7-8(3,4)10-5-9-7/h6-7H,5H2,1-4H3/t7-/m1/s1. The van der Waals surface area contributed by atoms with Crippen molar-refractivity contribution in [3.63, 3.8) is 0 Å². The van der Waals surface area contributed by atoms with E-state index in [9.17, 15) is 0 Å². The third-order valence-corrected chi connectivity index (χ3v) is 1.97. The van der Waals surface area contributed by atoms with E-state index >= 15 is 0 Å². The number of ether oxygens (including phenoxy) is 2. The predicted molar refractivity (Wildman–Crippen MR) is 39.7 cm³/mol. The molecule has 0 aromatic heterocycles. The van der Waals surface area contributed by atoms with Gasteiger partial charge >= 0.3 is 0 Å². The molecule has 0 aromatic rings. The van der Waals surface area contributed by atoms with Crippen molar-refractivity contribution in [3.8, 4) is 0 Å². The van der Waals surface area contributed by atoms with Gasteiger partial charge in [0, 0.05) is 0 Å². The molecule has 0 unspecified atom stereocenters. The maximum Gasteiger partial charge on any atom is 0.148 e. The smallest absolute Gasteiger partial charge is 0.148 e. The minimum atomic E-state index is -0.0891. The van der Waals surface area contributed by atoms with Crippen LogP contribution in [0, 0.1) is 5.92 Å². The van der Waals surface area contributed by atoms with Crippen molar-refractivity contribution < 1.29 is 9.47 Å². The molecule has 1 aliphatic rings. The summed E-state index contributed by atoms with van der Waals surface area (Å²) in [5.41, 5.74) is -0.0891. The van der Waals surface area contributed by atoms with Gasteiger partial charge in [0.2, 0.25) is 0 Å². The highest BCUT2D eigenvalue weighted by molar-refractivity contribution is 4.85. The quantitative estimate of drug-likeness (QED) is 0.558. The SMILES string of the molecule is CC(C)[C@H]1OCOC1(C)C. The van der Waals surface area contributed by atoms with E-state index in [0.29, 0.717) is 12.7 Å². The van der Waals surface area contributed by atoms with Crippen LogP contribution in [0.4, 0.5) is 0 Å². The fourth-order valence-corrected chi connectivity index (χ4v) is 1.54. The van der Waals surface area contributed by atoms with Crippen molar-refractivity contribution in [2.45, 2.75) is 39.4 Å². The molecule has 0 aliphatic carbocycles. The first-order chi connectivity index (χ1) is 4.54. The third kappa shape index (κ3) is 1.32. The molecule has 2 heteroatoms. The van der Waals surface area contributed by atoms with Gasteiger partial charge in [-0.1, -0.05) is 13.8 Å². The number of hydrogen-bond donors (Lipinski definition) is 0. The minimum Gasteiger partial charge on any atom is -0.349 e. The zero-order chi connectivity index (χ0) is 7.78. The van der Waals surface area contributed by atoms with Gasteiger partial charge < -0.3 is 9.47 Å². The summed E-state index contributed by atoms with van der Waals surface area (Å²) in [5.74, 6) is 0.539. The Morgan fingerprint density at radius 2 is 2.00 bits per heavy atom. The first-order valence-corrected chi connectivity index (χ1v) is 3.79. The Bertz CT molecular complexity index is 118. The summed E-state index contributed by atoms with van der Waals surface area (Å²) in [5, 5.41) is 0. The van der Waals surface area contributed by atoms with Crippen molar-refractivity contribution >= 4 is 0 Å². The zero-order valence-electron chi connectivity index (χ0n) is 7.18. The van der Waals surface area contributed by atoms with Crippen LogP contribution in [0.3, 0.4) is 0 Å². The number of hydrogen-bond acceptors (Lipinski definition) is 2. The first-order valence-electron chi connectivity index (χ1n) is 3.79. The summed E-state index contributed by atoms with van der Waals surface area (Å²) in [6, 6.07) is 0. The second kappa shape index (κ2) is 2.51. The van der Waals surface area contributed by atoms with Crippen LogP contribution < -0.4 is 0 Å². The molecule has 0 saturated carbocycles. The van der Waals surface area contributed by atoms with Crippen LogP contribution in [0.5, 0.6) is 0 Å². The van der Waals surface area contributed by atoms with E-state index in [-0.39, 0.29) is 11.7 Å². The van der Waals surface area contributed by atoms with Gasteiger partial charge in [0.15, 0.2) is 0 Å². The summed E-state index contributed by atoms with van der Waals surface area (Å²) < 4.78 is 10.8. The summed E-state index contributed by atoms with van der Waals surface area (Å²) in [6.07, 6.45) is 0.257. The van der Waals surface area contributed by atoms with Gasteiger partial charge in [-0.15, -0.1) is 0 Å². The van der Waals surface area contributed by atoms with E-state index in [4.69, 9.17) is 9.47 Å². The monoisotopic (exact) mass is 144 g/mol. The molecule has 0 amide bonds. The average Bonchev–Trinajstić information content (AvgIpc) is 2.08. The Hall–Kier alpha value is -0.0800. The molecule has 0 bridgehead atoms. The Labute approximate surface area is 62.5 Å². The van der Waals surface area contributed by atoms with E-state index in [1.807, 2.05) is 0 Å². The Morgan fingerprint density at radius 1 is 1.40 bits per heavy atom. The fourth-order valence-electron chi connectivity index (χ4n) is 1.54. The van der Waals surface area contributed by atoms with Crippen LogP contribution >= 0.6 is 0 Å².